The second kappa shape index (κ2) is 5.17. The van der Waals surface area contributed by atoms with Crippen molar-refractivity contribution in [3.05, 3.63) is 0 Å². The number of likely N-dealkylation sites (tertiary alicyclic amines) is 1. The molecule has 0 aromatic heterocycles. The van der Waals surface area contributed by atoms with Gasteiger partial charge in [-0.3, -0.25) is 4.79 Å². The number of hydrogen-bond donors (Lipinski definition) is 2. The number of piperidine rings is 1. The van der Waals surface area contributed by atoms with Gasteiger partial charge in [-0.1, -0.05) is 20.3 Å². The van der Waals surface area contributed by atoms with Gasteiger partial charge in [0, 0.05) is 0 Å². The maximum absolute atomic E-state index is 12.6. The number of amides is 1. The Morgan fingerprint density at radius 2 is 1.89 bits per heavy atom. The van der Waals surface area contributed by atoms with Crippen LogP contribution < -0.4 is 5.32 Å². The molecule has 0 aromatic rings. The highest BCUT2D eigenvalue weighted by Crippen LogP contribution is 2.38. The SMILES string of the molecule is CCCC1(O)CN(C(=O)C2(CC)CCNCC2)C1. The Labute approximate surface area is 110 Å². The van der Waals surface area contributed by atoms with E-state index in [4.69, 9.17) is 0 Å². The maximum atomic E-state index is 12.6. The fraction of sp³-hybridized carbons (Fsp3) is 0.929. The van der Waals surface area contributed by atoms with Crippen LogP contribution >= 0.6 is 0 Å². The summed E-state index contributed by atoms with van der Waals surface area (Å²) in [6, 6.07) is 0. The van der Waals surface area contributed by atoms with Gasteiger partial charge < -0.3 is 15.3 Å². The largest absolute Gasteiger partial charge is 0.386 e. The van der Waals surface area contributed by atoms with Crippen molar-refractivity contribution >= 4 is 5.91 Å². The van der Waals surface area contributed by atoms with Crippen molar-refractivity contribution in [1.82, 2.24) is 10.2 Å². The van der Waals surface area contributed by atoms with Gasteiger partial charge in [-0.25, -0.2) is 0 Å². The summed E-state index contributed by atoms with van der Waals surface area (Å²) in [5, 5.41) is 13.5. The predicted octanol–water partition coefficient (Wildman–Crippen LogP) is 1.14. The van der Waals surface area contributed by atoms with Gasteiger partial charge >= 0.3 is 0 Å². The summed E-state index contributed by atoms with van der Waals surface area (Å²) in [4.78, 5) is 14.5. The van der Waals surface area contributed by atoms with E-state index in [0.29, 0.717) is 13.1 Å². The second-order valence-corrected chi connectivity index (χ2v) is 6.02. The minimum absolute atomic E-state index is 0.168. The number of nitrogens with one attached hydrogen (secondary N) is 1. The Balaban J connectivity index is 1.95. The standard InChI is InChI=1S/C14H26N2O2/c1-3-5-14(18)10-16(11-14)12(17)13(4-2)6-8-15-9-7-13/h15,18H,3-11H2,1-2H3. The summed E-state index contributed by atoms with van der Waals surface area (Å²) in [7, 11) is 0. The highest BCUT2D eigenvalue weighted by molar-refractivity contribution is 5.84. The molecule has 2 fully saturated rings. The van der Waals surface area contributed by atoms with E-state index < -0.39 is 5.60 Å². The van der Waals surface area contributed by atoms with Gasteiger partial charge in [-0.15, -0.1) is 0 Å². The zero-order valence-electron chi connectivity index (χ0n) is 11.7. The molecule has 2 rings (SSSR count). The third kappa shape index (κ3) is 2.41. The predicted molar refractivity (Wildman–Crippen MR) is 71.3 cm³/mol. The topological polar surface area (TPSA) is 52.6 Å². The molecule has 0 unspecified atom stereocenters. The molecule has 0 aliphatic carbocycles. The van der Waals surface area contributed by atoms with E-state index >= 15 is 0 Å². The number of nitrogens with zero attached hydrogens (tertiary/aromatic N) is 1. The summed E-state index contributed by atoms with van der Waals surface area (Å²) in [5.41, 5.74) is -0.773. The van der Waals surface area contributed by atoms with E-state index in [1.807, 2.05) is 4.90 Å². The molecule has 4 nitrogen and oxygen atoms in total. The molecule has 0 saturated carbocycles. The molecule has 2 heterocycles. The number of β-amino-alcohol motifs (C(OH)–C–C–N with tert-alkyl or cyclic N) is 1. The van der Waals surface area contributed by atoms with Crippen LogP contribution in [0.1, 0.15) is 46.0 Å². The molecule has 104 valence electrons. The lowest BCUT2D eigenvalue weighted by Gasteiger charge is -2.50. The first-order valence-electron chi connectivity index (χ1n) is 7.28. The Hall–Kier alpha value is -0.610. The Kier molecular flexibility index (Phi) is 3.97. The molecule has 0 spiro atoms. The summed E-state index contributed by atoms with van der Waals surface area (Å²) in [6.07, 6.45) is 4.56. The minimum Gasteiger partial charge on any atom is -0.386 e. The van der Waals surface area contributed by atoms with E-state index in [2.05, 4.69) is 19.2 Å². The number of carbonyl (C=O) groups is 1. The van der Waals surface area contributed by atoms with Crippen molar-refractivity contribution in [3.8, 4) is 0 Å². The molecule has 0 aromatic carbocycles. The summed E-state index contributed by atoms with van der Waals surface area (Å²) < 4.78 is 0. The van der Waals surface area contributed by atoms with Crippen LogP contribution in [0.5, 0.6) is 0 Å². The smallest absolute Gasteiger partial charge is 0.229 e. The zero-order chi connectivity index (χ0) is 13.2. The Morgan fingerprint density at radius 3 is 2.39 bits per heavy atom. The Bertz CT molecular complexity index is 305. The molecule has 18 heavy (non-hydrogen) atoms. The van der Waals surface area contributed by atoms with E-state index in [-0.39, 0.29) is 11.3 Å². The monoisotopic (exact) mass is 254 g/mol. The molecule has 1 amide bonds. The van der Waals surface area contributed by atoms with E-state index in [0.717, 1.165) is 45.2 Å². The molecule has 0 atom stereocenters. The van der Waals surface area contributed by atoms with Crippen LogP contribution in [0, 0.1) is 5.41 Å². The van der Waals surface area contributed by atoms with Gasteiger partial charge in [0.15, 0.2) is 0 Å². The van der Waals surface area contributed by atoms with Crippen molar-refractivity contribution in [2.75, 3.05) is 26.2 Å². The highest BCUT2D eigenvalue weighted by atomic mass is 16.3. The minimum atomic E-state index is -0.605. The van der Waals surface area contributed by atoms with E-state index in [1.165, 1.54) is 0 Å². The van der Waals surface area contributed by atoms with Gasteiger partial charge in [-0.05, 0) is 38.8 Å². The third-order valence-electron chi connectivity index (χ3n) is 4.66. The van der Waals surface area contributed by atoms with Crippen LogP contribution in [-0.2, 0) is 4.79 Å². The fourth-order valence-corrected chi connectivity index (χ4v) is 3.39. The number of carbonyl (C=O) groups excluding carboxylic acids is 1. The number of rotatable bonds is 4. The fourth-order valence-electron chi connectivity index (χ4n) is 3.39. The van der Waals surface area contributed by atoms with Crippen molar-refractivity contribution < 1.29 is 9.90 Å². The lowest BCUT2D eigenvalue weighted by atomic mass is 9.74. The quantitative estimate of drug-likeness (QED) is 0.791. The average Bonchev–Trinajstić information content (AvgIpc) is 2.36. The second-order valence-electron chi connectivity index (χ2n) is 6.02. The highest BCUT2D eigenvalue weighted by Gasteiger charge is 2.49. The van der Waals surface area contributed by atoms with Crippen LogP contribution in [-0.4, -0.2) is 47.7 Å². The maximum Gasteiger partial charge on any atom is 0.229 e. The summed E-state index contributed by atoms with van der Waals surface area (Å²) >= 11 is 0. The van der Waals surface area contributed by atoms with Crippen LogP contribution in [0.15, 0.2) is 0 Å². The third-order valence-corrected chi connectivity index (χ3v) is 4.66. The van der Waals surface area contributed by atoms with Crippen LogP contribution in [0.25, 0.3) is 0 Å². The molecular weight excluding hydrogens is 228 g/mol. The van der Waals surface area contributed by atoms with Crippen LogP contribution in [0.4, 0.5) is 0 Å². The van der Waals surface area contributed by atoms with Crippen LogP contribution in [0.3, 0.4) is 0 Å². The first-order valence-corrected chi connectivity index (χ1v) is 7.28. The van der Waals surface area contributed by atoms with Crippen molar-refractivity contribution in [2.45, 2.75) is 51.6 Å². The summed E-state index contributed by atoms with van der Waals surface area (Å²) in [6.45, 7) is 7.13. The summed E-state index contributed by atoms with van der Waals surface area (Å²) in [5.74, 6) is 0.271. The molecule has 4 heteroatoms. The van der Waals surface area contributed by atoms with E-state index in [1.54, 1.807) is 0 Å². The molecule has 2 aliphatic heterocycles. The first-order chi connectivity index (χ1) is 8.55. The zero-order valence-corrected chi connectivity index (χ0v) is 11.7. The van der Waals surface area contributed by atoms with Gasteiger partial charge in [0.1, 0.15) is 0 Å². The molecule has 0 radical (unpaired) electrons. The first kappa shape index (κ1) is 13.8. The molecule has 2 saturated heterocycles. The lowest BCUT2D eigenvalue weighted by molar-refractivity contribution is -0.168. The van der Waals surface area contributed by atoms with Gasteiger partial charge in [-0.2, -0.15) is 0 Å². The van der Waals surface area contributed by atoms with E-state index in [9.17, 15) is 9.90 Å². The van der Waals surface area contributed by atoms with Gasteiger partial charge in [0.2, 0.25) is 5.91 Å². The van der Waals surface area contributed by atoms with Crippen molar-refractivity contribution in [1.29, 1.82) is 0 Å². The van der Waals surface area contributed by atoms with Crippen LogP contribution in [0.2, 0.25) is 0 Å². The average molecular weight is 254 g/mol. The number of hydrogen-bond acceptors (Lipinski definition) is 3. The Morgan fingerprint density at radius 1 is 1.28 bits per heavy atom. The molecular formula is C14H26N2O2. The van der Waals surface area contributed by atoms with Crippen molar-refractivity contribution in [2.24, 2.45) is 5.41 Å². The van der Waals surface area contributed by atoms with Gasteiger partial charge in [0.05, 0.1) is 24.1 Å². The molecule has 0 bridgehead atoms. The van der Waals surface area contributed by atoms with Gasteiger partial charge in [0.25, 0.3) is 0 Å². The molecule has 2 aliphatic rings. The molecule has 2 N–H and O–H groups in total. The number of aliphatic hydroxyl groups is 1. The normalized spacial score (nSPS) is 25.6. The van der Waals surface area contributed by atoms with Crippen molar-refractivity contribution in [3.63, 3.8) is 0 Å². The lowest BCUT2D eigenvalue weighted by Crippen LogP contribution is -2.66.